The minimum Gasteiger partial charge on any atom is -0.132 e. The van der Waals surface area contributed by atoms with E-state index in [2.05, 4.69) is 0 Å². The Kier molecular flexibility index (Phi) is 2.67. The van der Waals surface area contributed by atoms with Crippen molar-refractivity contribution in [3.63, 3.8) is 0 Å². The Morgan fingerprint density at radius 3 is 1.41 bits per heavy atom. The van der Waals surface area contributed by atoms with Gasteiger partial charge in [0.2, 0.25) is 0 Å². The Hall–Kier alpha value is -2.00. The topological polar surface area (TPSA) is 18.5 Å². The van der Waals surface area contributed by atoms with Crippen LogP contribution in [0.25, 0.3) is 11.5 Å². The van der Waals surface area contributed by atoms with E-state index in [1.807, 2.05) is 60.7 Å². The molecule has 0 spiro atoms. The van der Waals surface area contributed by atoms with E-state index in [-0.39, 0.29) is 10.0 Å². The smallest absolute Gasteiger partial charge is 0.132 e. The van der Waals surface area contributed by atoms with E-state index < -0.39 is 0 Å². The molecule has 1 heterocycles. The van der Waals surface area contributed by atoms with E-state index >= 15 is 0 Å². The van der Waals surface area contributed by atoms with Crippen molar-refractivity contribution < 1.29 is 8.85 Å². The van der Waals surface area contributed by atoms with Gasteiger partial charge in [0.25, 0.3) is 11.5 Å². The number of hydrogen-bond acceptors (Lipinski definition) is 2. The van der Waals surface area contributed by atoms with Crippen molar-refractivity contribution in [2.24, 2.45) is 0 Å². The molecule has 17 heavy (non-hydrogen) atoms. The zero-order chi connectivity index (χ0) is 11.5. The summed E-state index contributed by atoms with van der Waals surface area (Å²) in [7, 11) is 0.0463. The van der Waals surface area contributed by atoms with Crippen molar-refractivity contribution in [2.45, 2.75) is 0 Å². The van der Waals surface area contributed by atoms with Gasteiger partial charge in [-0.3, -0.25) is 0 Å². The van der Waals surface area contributed by atoms with Crippen molar-refractivity contribution >= 4 is 21.5 Å². The van der Waals surface area contributed by atoms with E-state index in [0.717, 1.165) is 22.6 Å². The zero-order valence-corrected chi connectivity index (χ0v) is 10.1. The minimum atomic E-state index is 0.0463. The van der Waals surface area contributed by atoms with Crippen molar-refractivity contribution in [3.05, 3.63) is 71.8 Å². The van der Waals surface area contributed by atoms with Gasteiger partial charge < -0.3 is 0 Å². The van der Waals surface area contributed by atoms with E-state index in [4.69, 9.17) is 8.85 Å². The molecule has 1 aliphatic rings. The molecule has 0 bridgehead atoms. The predicted molar refractivity (Wildman–Crippen MR) is 67.6 cm³/mol. The van der Waals surface area contributed by atoms with Crippen molar-refractivity contribution in [1.29, 1.82) is 0 Å². The quantitative estimate of drug-likeness (QED) is 0.748. The number of benzene rings is 2. The first kappa shape index (κ1) is 10.2. The highest BCUT2D eigenvalue weighted by Crippen LogP contribution is 2.31. The Bertz CT molecular complexity index is 485. The molecule has 3 heteroatoms. The lowest BCUT2D eigenvalue weighted by Crippen LogP contribution is -1.89. The second-order valence-electron chi connectivity index (χ2n) is 3.68. The first-order valence-electron chi connectivity index (χ1n) is 5.39. The maximum atomic E-state index is 5.59. The summed E-state index contributed by atoms with van der Waals surface area (Å²) < 4.78 is 11.2. The van der Waals surface area contributed by atoms with Crippen LogP contribution in [0.3, 0.4) is 0 Å². The maximum Gasteiger partial charge on any atom is 1.62 e. The second kappa shape index (κ2) is 4.47. The highest BCUT2D eigenvalue weighted by molar-refractivity contribution is 6.27. The molecule has 0 amide bonds. The van der Waals surface area contributed by atoms with Gasteiger partial charge in [-0.25, -0.2) is 0 Å². The van der Waals surface area contributed by atoms with Crippen LogP contribution in [-0.2, 0) is 8.85 Å². The normalized spacial score (nSPS) is 13.4. The average Bonchev–Trinajstić information content (AvgIpc) is 2.90. The molecule has 0 aliphatic carbocycles. The van der Waals surface area contributed by atoms with Crippen LogP contribution in [0.2, 0.25) is 0 Å². The van der Waals surface area contributed by atoms with Gasteiger partial charge in [-0.1, -0.05) is 60.7 Å². The minimum absolute atomic E-state index is 0.0463. The van der Waals surface area contributed by atoms with E-state index in [0.29, 0.717) is 0 Å². The molecule has 0 radical (unpaired) electrons. The van der Waals surface area contributed by atoms with E-state index in [9.17, 15) is 0 Å². The van der Waals surface area contributed by atoms with Crippen molar-refractivity contribution in [2.75, 3.05) is 0 Å². The average molecular weight is 238 g/mol. The molecule has 0 fully saturated rings. The molecule has 0 aromatic heterocycles. The van der Waals surface area contributed by atoms with Gasteiger partial charge in [-0.2, -0.15) is 0 Å². The predicted octanol–water partition coefficient (Wildman–Crippen LogP) is 3.09. The van der Waals surface area contributed by atoms with Crippen molar-refractivity contribution in [3.8, 4) is 0 Å². The third kappa shape index (κ3) is 1.97. The lowest BCUT2D eigenvalue weighted by atomic mass is 10.1. The highest BCUT2D eigenvalue weighted by atomic mass is 28.3. The third-order valence-electron chi connectivity index (χ3n) is 2.57. The summed E-state index contributed by atoms with van der Waals surface area (Å²) in [6, 6.07) is 20.1. The summed E-state index contributed by atoms with van der Waals surface area (Å²) in [5.41, 5.74) is 2.10. The first-order valence-corrected chi connectivity index (χ1v) is 6.20. The van der Waals surface area contributed by atoms with Crippen LogP contribution in [-0.4, -0.2) is 10.0 Å². The first-order chi connectivity index (χ1) is 8.45. The Labute approximate surface area is 103 Å². The van der Waals surface area contributed by atoms with Crippen LogP contribution in [0.4, 0.5) is 0 Å². The Morgan fingerprint density at radius 2 is 1.00 bits per heavy atom. The molecule has 80 valence electrons. The summed E-state index contributed by atoms with van der Waals surface area (Å²) in [6.07, 6.45) is 0. The lowest BCUT2D eigenvalue weighted by Gasteiger charge is -1.97. The van der Waals surface area contributed by atoms with Gasteiger partial charge in [0, 0.05) is 11.1 Å². The van der Waals surface area contributed by atoms with Crippen LogP contribution >= 0.6 is 0 Å². The number of rotatable bonds is 2. The molecule has 0 N–H and O–H groups in total. The molecule has 2 nitrogen and oxygen atoms in total. The highest BCUT2D eigenvalue weighted by Gasteiger charge is 2.65. The second-order valence-corrected chi connectivity index (χ2v) is 4.25. The summed E-state index contributed by atoms with van der Waals surface area (Å²) in [5, 5.41) is 0. The van der Waals surface area contributed by atoms with Gasteiger partial charge in [0.05, 0.1) is 0 Å². The molecule has 2 aromatic rings. The standard InChI is InChI=1S/C14H10O2Si/c1-3-7-11(8-4-1)13-14(16-17-15-13)12-9-5-2-6-10-12/h1-10H/q+2. The summed E-state index contributed by atoms with van der Waals surface area (Å²) in [6.45, 7) is 0. The van der Waals surface area contributed by atoms with Crippen LogP contribution in [0.5, 0.6) is 0 Å². The van der Waals surface area contributed by atoms with E-state index in [1.54, 1.807) is 0 Å². The third-order valence-corrected chi connectivity index (χ3v) is 3.14. The molecule has 0 unspecified atom stereocenters. The fourth-order valence-corrected chi connectivity index (χ4v) is 2.39. The number of hydrogen-bond donors (Lipinski definition) is 0. The molecular formula is C14H10O2Si+2. The Morgan fingerprint density at radius 1 is 0.588 bits per heavy atom. The fourth-order valence-electron chi connectivity index (χ4n) is 1.76. The van der Waals surface area contributed by atoms with Gasteiger partial charge in [-0.15, -0.1) is 8.85 Å². The van der Waals surface area contributed by atoms with E-state index in [1.165, 1.54) is 0 Å². The molecule has 0 saturated heterocycles. The maximum absolute atomic E-state index is 5.59. The van der Waals surface area contributed by atoms with Gasteiger partial charge in [0.15, 0.2) is 0 Å². The fraction of sp³-hybridized carbons (Fsp3) is 0. The Balaban J connectivity index is 2.08. The largest absolute Gasteiger partial charge is 1.62 e. The van der Waals surface area contributed by atoms with Crippen LogP contribution in [0.1, 0.15) is 11.1 Å². The molecular weight excluding hydrogens is 228 g/mol. The summed E-state index contributed by atoms with van der Waals surface area (Å²) in [5.74, 6) is 1.66. The SMILES string of the molecule is c1ccc(C2=C(c3ccccc3)O[Si+2]O2)cc1. The molecule has 3 rings (SSSR count). The van der Waals surface area contributed by atoms with Crippen LogP contribution in [0, 0.1) is 0 Å². The molecule has 0 atom stereocenters. The van der Waals surface area contributed by atoms with Gasteiger partial charge in [-0.05, 0) is 0 Å². The van der Waals surface area contributed by atoms with Crippen LogP contribution < -0.4 is 0 Å². The van der Waals surface area contributed by atoms with Crippen molar-refractivity contribution in [1.82, 2.24) is 0 Å². The van der Waals surface area contributed by atoms with Gasteiger partial charge >= 0.3 is 10.0 Å². The van der Waals surface area contributed by atoms with Crippen LogP contribution in [0.15, 0.2) is 60.7 Å². The monoisotopic (exact) mass is 238 g/mol. The lowest BCUT2D eigenvalue weighted by molar-refractivity contribution is 0.467. The zero-order valence-electron chi connectivity index (χ0n) is 9.09. The summed E-state index contributed by atoms with van der Waals surface area (Å²) in [4.78, 5) is 0. The molecule has 0 saturated carbocycles. The molecule has 2 aromatic carbocycles. The molecule has 1 aliphatic heterocycles. The summed E-state index contributed by atoms with van der Waals surface area (Å²) >= 11 is 0. The van der Waals surface area contributed by atoms with Gasteiger partial charge in [0.1, 0.15) is 0 Å².